The second kappa shape index (κ2) is 10.9. The number of fused-ring (bicyclic) bond motifs is 2. The number of aromatic nitrogens is 2. The zero-order valence-electron chi connectivity index (χ0n) is 20.2. The van der Waals surface area contributed by atoms with Crippen LogP contribution >= 0.6 is 11.3 Å². The summed E-state index contributed by atoms with van der Waals surface area (Å²) in [5, 5.41) is 3.20. The minimum Gasteiger partial charge on any atom is -0.462 e. The van der Waals surface area contributed by atoms with Gasteiger partial charge in [-0.1, -0.05) is 36.4 Å². The number of nitrogens with zero attached hydrogens (tertiary/aromatic N) is 2. The molecule has 2 heterocycles. The molecule has 0 spiro atoms. The molecule has 8 nitrogen and oxygen atoms in total. The van der Waals surface area contributed by atoms with Crippen molar-refractivity contribution in [1.82, 2.24) is 9.97 Å². The third kappa shape index (κ3) is 5.22. The highest BCUT2D eigenvalue weighted by Crippen LogP contribution is 2.42. The SMILES string of the molecule is CCOC(=O)c1c(NC(=O)COC(=O)c2cccc3nccnc23)sc2c1CCC(c1ccccc1)C2. The summed E-state index contributed by atoms with van der Waals surface area (Å²) in [7, 11) is 0. The van der Waals surface area contributed by atoms with Crippen molar-refractivity contribution >= 4 is 45.2 Å². The van der Waals surface area contributed by atoms with Gasteiger partial charge >= 0.3 is 11.9 Å². The van der Waals surface area contributed by atoms with E-state index in [1.165, 1.54) is 29.3 Å². The largest absolute Gasteiger partial charge is 0.462 e. The molecule has 1 atom stereocenters. The highest BCUT2D eigenvalue weighted by molar-refractivity contribution is 7.17. The van der Waals surface area contributed by atoms with Gasteiger partial charge in [-0.15, -0.1) is 11.3 Å². The number of amides is 1. The molecule has 1 aliphatic carbocycles. The zero-order valence-corrected chi connectivity index (χ0v) is 21.0. The van der Waals surface area contributed by atoms with Gasteiger partial charge in [0, 0.05) is 17.3 Å². The minimum atomic E-state index is -0.678. The quantitative estimate of drug-likeness (QED) is 0.348. The summed E-state index contributed by atoms with van der Waals surface area (Å²) in [5.74, 6) is -1.33. The van der Waals surface area contributed by atoms with Crippen molar-refractivity contribution in [3.63, 3.8) is 0 Å². The summed E-state index contributed by atoms with van der Waals surface area (Å²) in [4.78, 5) is 47.7. The first-order valence-electron chi connectivity index (χ1n) is 12.1. The van der Waals surface area contributed by atoms with Crippen LogP contribution in [-0.4, -0.2) is 41.0 Å². The predicted octanol–water partition coefficient (Wildman–Crippen LogP) is 4.94. The molecule has 9 heteroatoms. The Kier molecular flexibility index (Phi) is 7.23. The van der Waals surface area contributed by atoms with Gasteiger partial charge in [0.1, 0.15) is 10.5 Å². The summed E-state index contributed by atoms with van der Waals surface area (Å²) in [6, 6.07) is 15.3. The molecule has 1 N–H and O–H groups in total. The van der Waals surface area contributed by atoms with Gasteiger partial charge in [0.25, 0.3) is 5.91 Å². The predicted molar refractivity (Wildman–Crippen MR) is 140 cm³/mol. The maximum atomic E-state index is 12.8. The Morgan fingerprint density at radius 3 is 2.62 bits per heavy atom. The van der Waals surface area contributed by atoms with Crippen LogP contribution < -0.4 is 5.32 Å². The van der Waals surface area contributed by atoms with E-state index in [9.17, 15) is 14.4 Å². The first kappa shape index (κ1) is 24.6. The van der Waals surface area contributed by atoms with E-state index in [2.05, 4.69) is 27.4 Å². The number of ether oxygens (including phenoxy) is 2. The molecule has 5 rings (SSSR count). The van der Waals surface area contributed by atoms with Crippen LogP contribution in [0.4, 0.5) is 5.00 Å². The van der Waals surface area contributed by atoms with Crippen molar-refractivity contribution < 1.29 is 23.9 Å². The van der Waals surface area contributed by atoms with Crippen LogP contribution in [0.5, 0.6) is 0 Å². The average Bonchev–Trinajstić information content (AvgIpc) is 3.29. The van der Waals surface area contributed by atoms with Gasteiger partial charge < -0.3 is 14.8 Å². The van der Waals surface area contributed by atoms with Crippen LogP contribution in [0.3, 0.4) is 0 Å². The van der Waals surface area contributed by atoms with E-state index in [1.54, 1.807) is 25.1 Å². The zero-order chi connectivity index (χ0) is 25.8. The highest BCUT2D eigenvalue weighted by atomic mass is 32.1. The normalized spacial score (nSPS) is 14.6. The van der Waals surface area contributed by atoms with Gasteiger partial charge in [-0.2, -0.15) is 0 Å². The van der Waals surface area contributed by atoms with Gasteiger partial charge in [0.05, 0.1) is 23.3 Å². The van der Waals surface area contributed by atoms with E-state index < -0.39 is 24.5 Å². The van der Waals surface area contributed by atoms with Gasteiger partial charge in [0.15, 0.2) is 6.61 Å². The number of para-hydroxylation sites is 1. The first-order chi connectivity index (χ1) is 18.0. The van der Waals surface area contributed by atoms with E-state index in [4.69, 9.17) is 9.47 Å². The fourth-order valence-corrected chi connectivity index (χ4v) is 5.96. The molecular formula is C28H25N3O5S. The third-order valence-corrected chi connectivity index (χ3v) is 7.49. The maximum Gasteiger partial charge on any atom is 0.341 e. The number of carbonyl (C=O) groups is 3. The van der Waals surface area contributed by atoms with Crippen LogP contribution in [0.25, 0.3) is 11.0 Å². The van der Waals surface area contributed by atoms with Gasteiger partial charge in [-0.3, -0.25) is 14.8 Å². The van der Waals surface area contributed by atoms with Crippen molar-refractivity contribution in [3.8, 4) is 0 Å². The molecule has 2 aromatic carbocycles. The van der Waals surface area contributed by atoms with Crippen molar-refractivity contribution in [1.29, 1.82) is 0 Å². The molecule has 0 fully saturated rings. The highest BCUT2D eigenvalue weighted by Gasteiger charge is 2.31. The van der Waals surface area contributed by atoms with Gasteiger partial charge in [-0.25, -0.2) is 9.59 Å². The molecule has 2 aromatic heterocycles. The standard InChI is InChI=1S/C28H25N3O5S/c1-2-35-28(34)24-19-12-11-18(17-7-4-3-5-8-17)15-22(19)37-26(24)31-23(32)16-36-27(33)20-9-6-10-21-25(20)30-14-13-29-21/h3-10,13-14,18H,2,11-12,15-16H2,1H3,(H,31,32). The summed E-state index contributed by atoms with van der Waals surface area (Å²) in [6.07, 6.45) is 5.42. The van der Waals surface area contributed by atoms with E-state index in [-0.39, 0.29) is 12.2 Å². The van der Waals surface area contributed by atoms with Crippen molar-refractivity contribution in [2.45, 2.75) is 32.1 Å². The number of carbonyl (C=O) groups excluding carboxylic acids is 3. The van der Waals surface area contributed by atoms with E-state index in [0.717, 1.165) is 23.3 Å². The van der Waals surface area contributed by atoms with E-state index in [0.29, 0.717) is 33.9 Å². The molecule has 0 bridgehead atoms. The smallest absolute Gasteiger partial charge is 0.341 e. The molecule has 0 saturated heterocycles. The molecule has 1 amide bonds. The summed E-state index contributed by atoms with van der Waals surface area (Å²) in [5.41, 5.74) is 3.77. The second-order valence-electron chi connectivity index (χ2n) is 8.63. The Morgan fingerprint density at radius 1 is 1.00 bits per heavy atom. The maximum absolute atomic E-state index is 12.8. The molecule has 1 aliphatic rings. The average molecular weight is 516 g/mol. The fraction of sp³-hybridized carbons (Fsp3) is 0.250. The van der Waals surface area contributed by atoms with Crippen LogP contribution in [0.2, 0.25) is 0 Å². The number of thiophene rings is 1. The lowest BCUT2D eigenvalue weighted by Crippen LogP contribution is -2.22. The molecule has 0 aliphatic heterocycles. The van der Waals surface area contributed by atoms with Crippen LogP contribution in [0, 0.1) is 0 Å². The number of esters is 2. The van der Waals surface area contributed by atoms with Gasteiger partial charge in [0.2, 0.25) is 0 Å². The molecule has 0 saturated carbocycles. The molecule has 188 valence electrons. The molecule has 1 unspecified atom stereocenters. The van der Waals surface area contributed by atoms with E-state index in [1.807, 2.05) is 18.2 Å². The van der Waals surface area contributed by atoms with Crippen molar-refractivity contribution in [2.75, 3.05) is 18.5 Å². The number of anilines is 1. The lowest BCUT2D eigenvalue weighted by Gasteiger charge is -2.23. The third-order valence-electron chi connectivity index (χ3n) is 6.32. The Balaban J connectivity index is 1.32. The molecule has 37 heavy (non-hydrogen) atoms. The molecular weight excluding hydrogens is 490 g/mol. The number of hydrogen-bond donors (Lipinski definition) is 1. The number of hydrogen-bond acceptors (Lipinski definition) is 8. The Hall–Kier alpha value is -4.11. The monoisotopic (exact) mass is 515 g/mol. The van der Waals surface area contributed by atoms with Crippen LogP contribution in [-0.2, 0) is 27.1 Å². The molecule has 4 aromatic rings. The first-order valence-corrected chi connectivity index (χ1v) is 12.9. The Labute approximate surface area is 217 Å². The van der Waals surface area contributed by atoms with E-state index >= 15 is 0 Å². The lowest BCUT2D eigenvalue weighted by atomic mass is 9.83. The molecule has 0 radical (unpaired) electrons. The van der Waals surface area contributed by atoms with Gasteiger partial charge in [-0.05, 0) is 55.4 Å². The fourth-order valence-electron chi connectivity index (χ4n) is 4.63. The summed E-state index contributed by atoms with van der Waals surface area (Å²) < 4.78 is 10.6. The number of rotatable bonds is 7. The lowest BCUT2D eigenvalue weighted by molar-refractivity contribution is -0.119. The Bertz CT molecular complexity index is 1460. The van der Waals surface area contributed by atoms with Crippen LogP contribution in [0.1, 0.15) is 56.0 Å². The number of benzene rings is 2. The Morgan fingerprint density at radius 2 is 1.81 bits per heavy atom. The second-order valence-corrected chi connectivity index (χ2v) is 9.74. The van der Waals surface area contributed by atoms with Crippen molar-refractivity contribution in [2.24, 2.45) is 0 Å². The van der Waals surface area contributed by atoms with Crippen molar-refractivity contribution in [3.05, 3.63) is 88.1 Å². The number of nitrogens with one attached hydrogen (secondary N) is 1. The minimum absolute atomic E-state index is 0.226. The summed E-state index contributed by atoms with van der Waals surface area (Å²) >= 11 is 1.38. The van der Waals surface area contributed by atoms with Crippen LogP contribution in [0.15, 0.2) is 60.9 Å². The summed E-state index contributed by atoms with van der Waals surface area (Å²) in [6.45, 7) is 1.47. The topological polar surface area (TPSA) is 107 Å².